The maximum Gasteiger partial charge on any atom is 0.231 e. The molecule has 128 valence electrons. The molecule has 0 unspecified atom stereocenters. The SMILES string of the molecule is CCN(CC)c1nc(Nc2ccc3c(c2)OCO3)nc2ccccc12. The monoisotopic (exact) mass is 336 g/mol. The Bertz CT molecular complexity index is 909. The van der Waals surface area contributed by atoms with Crippen LogP contribution in [0.15, 0.2) is 42.5 Å². The fraction of sp³-hybridized carbons (Fsp3) is 0.263. The number of hydrogen-bond acceptors (Lipinski definition) is 6. The summed E-state index contributed by atoms with van der Waals surface area (Å²) >= 11 is 0. The summed E-state index contributed by atoms with van der Waals surface area (Å²) in [6.45, 7) is 6.30. The number of para-hydroxylation sites is 1. The van der Waals surface area contributed by atoms with Crippen LogP contribution >= 0.6 is 0 Å². The highest BCUT2D eigenvalue weighted by atomic mass is 16.7. The number of nitrogens with one attached hydrogen (secondary N) is 1. The van der Waals surface area contributed by atoms with Gasteiger partial charge in [-0.2, -0.15) is 4.98 Å². The van der Waals surface area contributed by atoms with Gasteiger partial charge in [-0.3, -0.25) is 0 Å². The predicted octanol–water partition coefficient (Wildman–Crippen LogP) is 3.95. The Labute approximate surface area is 146 Å². The Hall–Kier alpha value is -3.02. The zero-order valence-electron chi connectivity index (χ0n) is 14.3. The van der Waals surface area contributed by atoms with Crippen molar-refractivity contribution in [3.63, 3.8) is 0 Å². The van der Waals surface area contributed by atoms with Gasteiger partial charge in [0.05, 0.1) is 5.52 Å². The summed E-state index contributed by atoms with van der Waals surface area (Å²) in [4.78, 5) is 11.6. The molecule has 3 aromatic rings. The minimum Gasteiger partial charge on any atom is -0.454 e. The van der Waals surface area contributed by atoms with Gasteiger partial charge < -0.3 is 19.7 Å². The first-order valence-electron chi connectivity index (χ1n) is 8.47. The van der Waals surface area contributed by atoms with E-state index in [1.54, 1.807) is 0 Å². The average molecular weight is 336 g/mol. The maximum atomic E-state index is 5.43. The second-order valence-corrected chi connectivity index (χ2v) is 5.75. The molecule has 0 radical (unpaired) electrons. The zero-order valence-corrected chi connectivity index (χ0v) is 14.3. The molecule has 0 fully saturated rings. The molecule has 2 aromatic carbocycles. The molecular weight excluding hydrogens is 316 g/mol. The van der Waals surface area contributed by atoms with Gasteiger partial charge in [0.2, 0.25) is 12.7 Å². The summed E-state index contributed by atoms with van der Waals surface area (Å²) in [5.74, 6) is 3.00. The van der Waals surface area contributed by atoms with Gasteiger partial charge in [0.25, 0.3) is 0 Å². The van der Waals surface area contributed by atoms with Crippen molar-refractivity contribution in [3.05, 3.63) is 42.5 Å². The third kappa shape index (κ3) is 2.91. The number of anilines is 3. The summed E-state index contributed by atoms with van der Waals surface area (Å²) in [5, 5.41) is 4.34. The van der Waals surface area contributed by atoms with Gasteiger partial charge in [-0.25, -0.2) is 4.98 Å². The summed E-state index contributed by atoms with van der Waals surface area (Å²) in [7, 11) is 0. The van der Waals surface area contributed by atoms with Crippen molar-refractivity contribution in [1.82, 2.24) is 9.97 Å². The van der Waals surface area contributed by atoms with Crippen LogP contribution in [0.5, 0.6) is 11.5 Å². The summed E-state index contributed by atoms with van der Waals surface area (Å²) < 4.78 is 10.8. The largest absolute Gasteiger partial charge is 0.454 e. The van der Waals surface area contributed by atoms with Crippen LogP contribution in [0.1, 0.15) is 13.8 Å². The number of nitrogens with zero attached hydrogens (tertiary/aromatic N) is 3. The average Bonchev–Trinajstić information content (AvgIpc) is 3.10. The molecule has 4 rings (SSSR count). The Morgan fingerprint density at radius 1 is 1.00 bits per heavy atom. The van der Waals surface area contributed by atoms with Crippen molar-refractivity contribution in [1.29, 1.82) is 0 Å². The molecule has 1 N–H and O–H groups in total. The van der Waals surface area contributed by atoms with E-state index in [0.29, 0.717) is 5.95 Å². The highest BCUT2D eigenvalue weighted by molar-refractivity contribution is 5.90. The lowest BCUT2D eigenvalue weighted by Gasteiger charge is -2.22. The van der Waals surface area contributed by atoms with Gasteiger partial charge in [0.1, 0.15) is 5.82 Å². The lowest BCUT2D eigenvalue weighted by molar-refractivity contribution is 0.174. The highest BCUT2D eigenvalue weighted by Gasteiger charge is 2.15. The molecule has 6 nitrogen and oxygen atoms in total. The van der Waals surface area contributed by atoms with E-state index < -0.39 is 0 Å². The van der Waals surface area contributed by atoms with Crippen LogP contribution in [0.2, 0.25) is 0 Å². The molecule has 25 heavy (non-hydrogen) atoms. The fourth-order valence-corrected chi connectivity index (χ4v) is 2.98. The van der Waals surface area contributed by atoms with E-state index in [1.807, 2.05) is 36.4 Å². The number of ether oxygens (including phenoxy) is 2. The van der Waals surface area contributed by atoms with Gasteiger partial charge in [-0.1, -0.05) is 12.1 Å². The van der Waals surface area contributed by atoms with E-state index in [-0.39, 0.29) is 6.79 Å². The van der Waals surface area contributed by atoms with Gasteiger partial charge in [-0.15, -0.1) is 0 Å². The van der Waals surface area contributed by atoms with Crippen LogP contribution in [0, 0.1) is 0 Å². The van der Waals surface area contributed by atoms with E-state index in [2.05, 4.69) is 35.1 Å². The maximum absolute atomic E-state index is 5.43. The summed E-state index contributed by atoms with van der Waals surface area (Å²) in [6.07, 6.45) is 0. The van der Waals surface area contributed by atoms with Crippen LogP contribution in [0.25, 0.3) is 10.9 Å². The van der Waals surface area contributed by atoms with E-state index in [4.69, 9.17) is 14.5 Å². The second-order valence-electron chi connectivity index (χ2n) is 5.75. The molecule has 0 atom stereocenters. The molecule has 0 spiro atoms. The molecule has 1 aliphatic rings. The smallest absolute Gasteiger partial charge is 0.231 e. The van der Waals surface area contributed by atoms with Crippen molar-refractivity contribution >= 4 is 28.4 Å². The summed E-state index contributed by atoms with van der Waals surface area (Å²) in [5.41, 5.74) is 1.78. The van der Waals surface area contributed by atoms with Crippen LogP contribution in [0.3, 0.4) is 0 Å². The van der Waals surface area contributed by atoms with Crippen LogP contribution in [-0.4, -0.2) is 29.9 Å². The standard InChI is InChI=1S/C19H20N4O2/c1-3-23(4-2)18-14-7-5-6-8-15(14)21-19(22-18)20-13-9-10-16-17(11-13)25-12-24-16/h5-11H,3-4,12H2,1-2H3,(H,20,21,22). The van der Waals surface area contributed by atoms with Crippen molar-refractivity contribution < 1.29 is 9.47 Å². The van der Waals surface area contributed by atoms with Gasteiger partial charge in [-0.05, 0) is 38.1 Å². The molecule has 6 heteroatoms. The third-order valence-electron chi connectivity index (χ3n) is 4.27. The minimum atomic E-state index is 0.261. The molecule has 1 aliphatic heterocycles. The molecular formula is C19H20N4O2. The number of rotatable bonds is 5. The highest BCUT2D eigenvalue weighted by Crippen LogP contribution is 2.35. The van der Waals surface area contributed by atoms with E-state index in [9.17, 15) is 0 Å². The zero-order chi connectivity index (χ0) is 17.2. The topological polar surface area (TPSA) is 59.5 Å². The van der Waals surface area contributed by atoms with E-state index in [0.717, 1.165) is 47.0 Å². The second kappa shape index (κ2) is 6.47. The summed E-state index contributed by atoms with van der Waals surface area (Å²) in [6, 6.07) is 13.8. The van der Waals surface area contributed by atoms with Crippen LogP contribution < -0.4 is 19.7 Å². The molecule has 0 saturated heterocycles. The van der Waals surface area contributed by atoms with Crippen LogP contribution in [-0.2, 0) is 0 Å². The molecule has 0 bridgehead atoms. The lowest BCUT2D eigenvalue weighted by atomic mass is 10.2. The minimum absolute atomic E-state index is 0.261. The van der Waals surface area contributed by atoms with Crippen molar-refractivity contribution in [2.45, 2.75) is 13.8 Å². The Morgan fingerprint density at radius 2 is 1.80 bits per heavy atom. The van der Waals surface area contributed by atoms with Crippen molar-refractivity contribution in [2.75, 3.05) is 30.1 Å². The third-order valence-corrected chi connectivity index (χ3v) is 4.27. The van der Waals surface area contributed by atoms with Gasteiger partial charge >= 0.3 is 0 Å². The lowest BCUT2D eigenvalue weighted by Crippen LogP contribution is -2.23. The molecule has 0 amide bonds. The molecule has 1 aromatic heterocycles. The van der Waals surface area contributed by atoms with Crippen molar-refractivity contribution in [3.8, 4) is 11.5 Å². The number of fused-ring (bicyclic) bond motifs is 2. The first-order valence-corrected chi connectivity index (χ1v) is 8.47. The molecule has 0 aliphatic carbocycles. The Morgan fingerprint density at radius 3 is 2.64 bits per heavy atom. The van der Waals surface area contributed by atoms with E-state index >= 15 is 0 Å². The number of benzene rings is 2. The number of aromatic nitrogens is 2. The van der Waals surface area contributed by atoms with Gasteiger partial charge in [0.15, 0.2) is 11.5 Å². The first kappa shape index (κ1) is 15.5. The van der Waals surface area contributed by atoms with Crippen LogP contribution in [0.4, 0.5) is 17.5 Å². The fourth-order valence-electron chi connectivity index (χ4n) is 2.98. The quantitative estimate of drug-likeness (QED) is 0.761. The normalized spacial score (nSPS) is 12.4. The number of hydrogen-bond donors (Lipinski definition) is 1. The molecule has 2 heterocycles. The predicted molar refractivity (Wildman–Crippen MR) is 98.9 cm³/mol. The van der Waals surface area contributed by atoms with Crippen molar-refractivity contribution in [2.24, 2.45) is 0 Å². The Kier molecular flexibility index (Phi) is 4.01. The van der Waals surface area contributed by atoms with Gasteiger partial charge in [0, 0.05) is 30.2 Å². The first-order chi connectivity index (χ1) is 12.3. The van der Waals surface area contributed by atoms with E-state index in [1.165, 1.54) is 0 Å². The Balaban J connectivity index is 1.74. The molecule has 0 saturated carbocycles.